The predicted octanol–water partition coefficient (Wildman–Crippen LogP) is 1.02. The van der Waals surface area contributed by atoms with Gasteiger partial charge in [-0.3, -0.25) is 9.69 Å². The van der Waals surface area contributed by atoms with Crippen molar-refractivity contribution in [1.29, 1.82) is 0 Å². The van der Waals surface area contributed by atoms with Crippen molar-refractivity contribution in [1.82, 2.24) is 10.2 Å². The first-order valence-corrected chi connectivity index (χ1v) is 7.08. The second-order valence-corrected chi connectivity index (χ2v) is 4.96. The second-order valence-electron chi connectivity index (χ2n) is 4.96. The van der Waals surface area contributed by atoms with Crippen LogP contribution in [0.25, 0.3) is 0 Å². The Bertz CT molecular complexity index is 556. The van der Waals surface area contributed by atoms with E-state index in [1.807, 2.05) is 12.1 Å². The largest absolute Gasteiger partial charge is 0.482 e. The molecule has 1 aromatic rings. The molecule has 1 heterocycles. The lowest BCUT2D eigenvalue weighted by Gasteiger charge is -2.14. The highest BCUT2D eigenvalue weighted by Gasteiger charge is 2.25. The highest BCUT2D eigenvalue weighted by atomic mass is 16.5. The molecule has 7 nitrogen and oxygen atoms in total. The number of benzene rings is 1. The van der Waals surface area contributed by atoms with E-state index in [0.29, 0.717) is 31.7 Å². The van der Waals surface area contributed by atoms with E-state index < -0.39 is 5.97 Å². The van der Waals surface area contributed by atoms with E-state index in [2.05, 4.69) is 5.32 Å². The van der Waals surface area contributed by atoms with Crippen LogP contribution < -0.4 is 10.1 Å². The maximum absolute atomic E-state index is 11.8. The van der Waals surface area contributed by atoms with Crippen LogP contribution in [0.4, 0.5) is 4.79 Å². The van der Waals surface area contributed by atoms with Crippen molar-refractivity contribution in [2.75, 3.05) is 19.7 Å². The number of likely N-dealkylation sites (tertiary alicyclic amines) is 1. The number of carboxylic acid groups (broad SMARTS) is 1. The molecule has 2 N–H and O–H groups in total. The first-order valence-electron chi connectivity index (χ1n) is 7.08. The Labute approximate surface area is 127 Å². The van der Waals surface area contributed by atoms with Crippen LogP contribution in [0.2, 0.25) is 0 Å². The van der Waals surface area contributed by atoms with Crippen LogP contribution in [0.5, 0.6) is 5.75 Å². The molecule has 22 heavy (non-hydrogen) atoms. The molecule has 0 atom stereocenters. The average molecular weight is 306 g/mol. The molecule has 0 aromatic heterocycles. The van der Waals surface area contributed by atoms with E-state index in [0.717, 1.165) is 12.0 Å². The molecule has 1 aliphatic rings. The number of ether oxygens (including phenoxy) is 1. The Morgan fingerprint density at radius 3 is 2.59 bits per heavy atom. The predicted molar refractivity (Wildman–Crippen MR) is 77.6 cm³/mol. The van der Waals surface area contributed by atoms with Gasteiger partial charge in [-0.05, 0) is 30.5 Å². The number of aliphatic carboxylic acids is 1. The summed E-state index contributed by atoms with van der Waals surface area (Å²) in [5, 5.41) is 11.2. The van der Waals surface area contributed by atoms with Crippen LogP contribution >= 0.6 is 0 Å². The number of amides is 3. The van der Waals surface area contributed by atoms with Gasteiger partial charge in [0.1, 0.15) is 5.75 Å². The molecule has 118 valence electrons. The first-order chi connectivity index (χ1) is 10.6. The van der Waals surface area contributed by atoms with E-state index in [1.165, 1.54) is 4.90 Å². The van der Waals surface area contributed by atoms with Gasteiger partial charge in [0, 0.05) is 19.5 Å². The van der Waals surface area contributed by atoms with Crippen molar-refractivity contribution >= 4 is 17.9 Å². The minimum Gasteiger partial charge on any atom is -0.482 e. The number of rotatable bonds is 6. The first kappa shape index (κ1) is 15.8. The zero-order chi connectivity index (χ0) is 15.9. The summed E-state index contributed by atoms with van der Waals surface area (Å²) in [4.78, 5) is 34.8. The van der Waals surface area contributed by atoms with Crippen molar-refractivity contribution in [3.63, 3.8) is 0 Å². The van der Waals surface area contributed by atoms with Crippen LogP contribution in [0.1, 0.15) is 18.4 Å². The number of nitrogens with one attached hydrogen (secondary N) is 1. The van der Waals surface area contributed by atoms with Gasteiger partial charge in [0.05, 0.1) is 0 Å². The van der Waals surface area contributed by atoms with Gasteiger partial charge in [0.15, 0.2) is 6.61 Å². The summed E-state index contributed by atoms with van der Waals surface area (Å²) < 4.78 is 5.03. The second kappa shape index (κ2) is 7.44. The van der Waals surface area contributed by atoms with Gasteiger partial charge in [-0.25, -0.2) is 9.59 Å². The highest BCUT2D eigenvalue weighted by Crippen LogP contribution is 2.13. The summed E-state index contributed by atoms with van der Waals surface area (Å²) in [5.74, 6) is -0.668. The molecule has 0 radical (unpaired) electrons. The lowest BCUT2D eigenvalue weighted by molar-refractivity contribution is -0.139. The number of urea groups is 1. The normalized spacial score (nSPS) is 14.0. The maximum atomic E-state index is 11.8. The van der Waals surface area contributed by atoms with Crippen LogP contribution in [0.3, 0.4) is 0 Å². The minimum atomic E-state index is -1.02. The number of hydrogen-bond acceptors (Lipinski definition) is 4. The summed E-state index contributed by atoms with van der Waals surface area (Å²) in [6.45, 7) is 0.539. The molecule has 0 spiro atoms. The van der Waals surface area contributed by atoms with E-state index in [1.54, 1.807) is 12.1 Å². The third-order valence-corrected chi connectivity index (χ3v) is 3.29. The zero-order valence-electron chi connectivity index (χ0n) is 12.1. The van der Waals surface area contributed by atoms with E-state index >= 15 is 0 Å². The topological polar surface area (TPSA) is 95.9 Å². The maximum Gasteiger partial charge on any atom is 0.341 e. The van der Waals surface area contributed by atoms with Gasteiger partial charge in [-0.2, -0.15) is 0 Å². The molecule has 1 aliphatic heterocycles. The van der Waals surface area contributed by atoms with E-state index in [9.17, 15) is 14.4 Å². The smallest absolute Gasteiger partial charge is 0.341 e. The summed E-state index contributed by atoms with van der Waals surface area (Å²) in [5.41, 5.74) is 0.982. The fraction of sp³-hybridized carbons (Fsp3) is 0.400. The molecular weight excluding hydrogens is 288 g/mol. The number of carbonyl (C=O) groups is 3. The van der Waals surface area contributed by atoms with Crippen molar-refractivity contribution in [3.05, 3.63) is 29.8 Å². The summed E-state index contributed by atoms with van der Waals surface area (Å²) >= 11 is 0. The van der Waals surface area contributed by atoms with Crippen LogP contribution in [0.15, 0.2) is 24.3 Å². The third kappa shape index (κ3) is 4.47. The molecule has 0 aliphatic carbocycles. The monoisotopic (exact) mass is 306 g/mol. The zero-order valence-corrected chi connectivity index (χ0v) is 12.1. The molecular formula is C15H18N2O5. The van der Waals surface area contributed by atoms with Gasteiger partial charge in [0.25, 0.3) is 0 Å². The molecule has 7 heteroatoms. The molecule has 0 bridgehead atoms. The van der Waals surface area contributed by atoms with Gasteiger partial charge >= 0.3 is 12.0 Å². The van der Waals surface area contributed by atoms with Gasteiger partial charge in [-0.1, -0.05) is 12.1 Å². The number of imide groups is 1. The Kier molecular flexibility index (Phi) is 5.35. The molecule has 0 unspecified atom stereocenters. The van der Waals surface area contributed by atoms with Crippen molar-refractivity contribution in [2.45, 2.75) is 19.3 Å². The summed E-state index contributed by atoms with van der Waals surface area (Å²) in [6, 6.07) is 6.65. The minimum absolute atomic E-state index is 0.127. The number of carboxylic acids is 1. The molecule has 2 rings (SSSR count). The van der Waals surface area contributed by atoms with Gasteiger partial charge in [0.2, 0.25) is 5.91 Å². The average Bonchev–Trinajstić information content (AvgIpc) is 2.92. The van der Waals surface area contributed by atoms with Crippen LogP contribution in [-0.2, 0) is 16.0 Å². The van der Waals surface area contributed by atoms with Crippen molar-refractivity contribution in [3.8, 4) is 5.75 Å². The van der Waals surface area contributed by atoms with Crippen molar-refractivity contribution in [2.24, 2.45) is 0 Å². The van der Waals surface area contributed by atoms with E-state index in [-0.39, 0.29) is 18.5 Å². The van der Waals surface area contributed by atoms with Crippen LogP contribution in [0, 0.1) is 0 Å². The standard InChI is InChI=1S/C15H18N2O5/c18-13-2-1-9-17(13)15(21)16-8-7-11-3-5-12(6-4-11)22-10-14(19)20/h3-6H,1-2,7-10H2,(H,16,21)(H,19,20). The fourth-order valence-corrected chi connectivity index (χ4v) is 2.17. The molecule has 1 aromatic carbocycles. The molecule has 1 fully saturated rings. The Hall–Kier alpha value is -2.57. The Morgan fingerprint density at radius 2 is 2.00 bits per heavy atom. The number of nitrogens with zero attached hydrogens (tertiary/aromatic N) is 1. The third-order valence-electron chi connectivity index (χ3n) is 3.29. The SMILES string of the molecule is O=C(O)COc1ccc(CCNC(=O)N2CCCC2=O)cc1. The van der Waals surface area contributed by atoms with E-state index in [4.69, 9.17) is 9.84 Å². The lowest BCUT2D eigenvalue weighted by Crippen LogP contribution is -2.41. The summed E-state index contributed by atoms with van der Waals surface area (Å²) in [7, 11) is 0. The van der Waals surface area contributed by atoms with Gasteiger partial charge in [-0.15, -0.1) is 0 Å². The highest BCUT2D eigenvalue weighted by molar-refractivity contribution is 5.95. The summed E-state index contributed by atoms with van der Waals surface area (Å²) in [6.07, 6.45) is 1.78. The van der Waals surface area contributed by atoms with Crippen molar-refractivity contribution < 1.29 is 24.2 Å². The van der Waals surface area contributed by atoms with Gasteiger partial charge < -0.3 is 15.2 Å². The Balaban J connectivity index is 1.73. The van der Waals surface area contributed by atoms with Crippen LogP contribution in [-0.4, -0.2) is 47.6 Å². The Morgan fingerprint density at radius 1 is 1.27 bits per heavy atom. The quantitative estimate of drug-likeness (QED) is 0.818. The number of hydrogen-bond donors (Lipinski definition) is 2. The fourth-order valence-electron chi connectivity index (χ4n) is 2.17. The molecule has 3 amide bonds. The number of carbonyl (C=O) groups excluding carboxylic acids is 2. The molecule has 0 saturated carbocycles. The lowest BCUT2D eigenvalue weighted by atomic mass is 10.1. The molecule has 1 saturated heterocycles.